The van der Waals surface area contributed by atoms with Crippen LogP contribution in [0.2, 0.25) is 0 Å². The van der Waals surface area contributed by atoms with E-state index in [1.807, 2.05) is 6.92 Å². The molecule has 0 spiro atoms. The van der Waals surface area contributed by atoms with E-state index < -0.39 is 11.5 Å². The van der Waals surface area contributed by atoms with Crippen molar-refractivity contribution >= 4 is 5.97 Å². The molecule has 0 aromatic rings. The number of carbonyl (C=O) groups is 1. The molecule has 0 bridgehead atoms. The molecule has 1 aliphatic carbocycles. The highest BCUT2D eigenvalue weighted by molar-refractivity contribution is 5.77. The smallest absolute Gasteiger partial charge is 0.323 e. The molecule has 1 aliphatic rings. The van der Waals surface area contributed by atoms with Gasteiger partial charge < -0.3 is 5.11 Å². The van der Waals surface area contributed by atoms with E-state index in [1.165, 1.54) is 25.7 Å². The van der Waals surface area contributed by atoms with Gasteiger partial charge in [-0.15, -0.1) is 0 Å². The van der Waals surface area contributed by atoms with E-state index in [-0.39, 0.29) is 0 Å². The van der Waals surface area contributed by atoms with E-state index in [4.69, 9.17) is 0 Å². The average Bonchev–Trinajstić information content (AvgIpc) is 2.65. The molecule has 88 valence electrons. The van der Waals surface area contributed by atoms with Crippen LogP contribution >= 0.6 is 0 Å². The van der Waals surface area contributed by atoms with Crippen molar-refractivity contribution in [2.75, 3.05) is 13.1 Å². The molecule has 0 saturated heterocycles. The number of rotatable bonds is 5. The van der Waals surface area contributed by atoms with Crippen LogP contribution in [0.5, 0.6) is 0 Å². The fourth-order valence-corrected chi connectivity index (χ4v) is 2.39. The normalized spacial score (nSPS) is 18.7. The van der Waals surface area contributed by atoms with Gasteiger partial charge in [-0.25, -0.2) is 0 Å². The summed E-state index contributed by atoms with van der Waals surface area (Å²) in [6.45, 7) is 7.40. The molecular weight excluding hydrogens is 190 g/mol. The van der Waals surface area contributed by atoms with Crippen molar-refractivity contribution in [2.24, 2.45) is 5.92 Å². The Balaban J connectivity index is 2.57. The molecule has 3 heteroatoms. The second-order valence-corrected chi connectivity index (χ2v) is 5.05. The number of hydrogen-bond acceptors (Lipinski definition) is 2. The summed E-state index contributed by atoms with van der Waals surface area (Å²) in [4.78, 5) is 13.2. The minimum absolute atomic E-state index is 0.712. The van der Waals surface area contributed by atoms with Crippen LogP contribution in [0.1, 0.15) is 46.5 Å². The zero-order chi connectivity index (χ0) is 11.5. The van der Waals surface area contributed by atoms with Crippen LogP contribution in [0, 0.1) is 5.92 Å². The summed E-state index contributed by atoms with van der Waals surface area (Å²) in [5.41, 5.74) is -0.725. The first kappa shape index (κ1) is 12.5. The molecule has 0 aromatic heterocycles. The average molecular weight is 213 g/mol. The first-order valence-corrected chi connectivity index (χ1v) is 5.97. The minimum Gasteiger partial charge on any atom is -0.480 e. The van der Waals surface area contributed by atoms with Crippen LogP contribution < -0.4 is 0 Å². The summed E-state index contributed by atoms with van der Waals surface area (Å²) in [6, 6.07) is 0. The maximum atomic E-state index is 11.2. The van der Waals surface area contributed by atoms with Crippen molar-refractivity contribution in [2.45, 2.75) is 52.0 Å². The third-order valence-electron chi connectivity index (χ3n) is 3.65. The van der Waals surface area contributed by atoms with Gasteiger partial charge in [-0.3, -0.25) is 9.69 Å². The molecule has 0 amide bonds. The van der Waals surface area contributed by atoms with Crippen molar-refractivity contribution in [3.63, 3.8) is 0 Å². The second kappa shape index (κ2) is 4.97. The van der Waals surface area contributed by atoms with Crippen molar-refractivity contribution < 1.29 is 9.90 Å². The van der Waals surface area contributed by atoms with Crippen LogP contribution in [0.3, 0.4) is 0 Å². The van der Waals surface area contributed by atoms with Gasteiger partial charge in [0.05, 0.1) is 0 Å². The lowest BCUT2D eigenvalue weighted by molar-refractivity contribution is -0.149. The maximum absolute atomic E-state index is 11.2. The Morgan fingerprint density at radius 2 is 1.93 bits per heavy atom. The zero-order valence-electron chi connectivity index (χ0n) is 10.1. The van der Waals surface area contributed by atoms with Gasteiger partial charge in [0.25, 0.3) is 0 Å². The summed E-state index contributed by atoms with van der Waals surface area (Å²) >= 11 is 0. The highest BCUT2D eigenvalue weighted by atomic mass is 16.4. The summed E-state index contributed by atoms with van der Waals surface area (Å²) in [6.07, 6.45) is 5.17. The molecule has 0 atom stereocenters. The van der Waals surface area contributed by atoms with Gasteiger partial charge >= 0.3 is 5.97 Å². The molecule has 1 rings (SSSR count). The maximum Gasteiger partial charge on any atom is 0.323 e. The molecular formula is C12H23NO2. The number of hydrogen-bond donors (Lipinski definition) is 1. The van der Waals surface area contributed by atoms with Gasteiger partial charge in [0.15, 0.2) is 0 Å². The van der Waals surface area contributed by atoms with E-state index in [1.54, 1.807) is 13.8 Å². The summed E-state index contributed by atoms with van der Waals surface area (Å²) in [5.74, 6) is -0.00841. The molecule has 1 saturated carbocycles. The Labute approximate surface area is 92.5 Å². The third kappa shape index (κ3) is 2.94. The Kier molecular flexibility index (Phi) is 4.14. The van der Waals surface area contributed by atoms with E-state index in [2.05, 4.69) is 4.90 Å². The van der Waals surface area contributed by atoms with Gasteiger partial charge in [-0.2, -0.15) is 0 Å². The number of likely N-dealkylation sites (N-methyl/N-ethyl adjacent to an activating group) is 1. The Morgan fingerprint density at radius 1 is 1.40 bits per heavy atom. The highest BCUT2D eigenvalue weighted by Gasteiger charge is 2.35. The van der Waals surface area contributed by atoms with Crippen LogP contribution in [0.15, 0.2) is 0 Å². The van der Waals surface area contributed by atoms with Crippen molar-refractivity contribution in [3.05, 3.63) is 0 Å². The quantitative estimate of drug-likeness (QED) is 0.762. The standard InChI is InChI=1S/C12H23NO2/c1-4-13(12(2,3)11(14)15)9-10-7-5-6-8-10/h10H,4-9H2,1-3H3,(H,14,15). The second-order valence-electron chi connectivity index (χ2n) is 5.05. The molecule has 0 radical (unpaired) electrons. The zero-order valence-corrected chi connectivity index (χ0v) is 10.1. The van der Waals surface area contributed by atoms with Crippen LogP contribution in [-0.4, -0.2) is 34.6 Å². The van der Waals surface area contributed by atoms with Crippen LogP contribution in [-0.2, 0) is 4.79 Å². The minimum atomic E-state index is -0.725. The largest absolute Gasteiger partial charge is 0.480 e. The highest BCUT2D eigenvalue weighted by Crippen LogP contribution is 2.27. The van der Waals surface area contributed by atoms with E-state index in [9.17, 15) is 9.90 Å². The number of carboxylic acids is 1. The summed E-state index contributed by atoms with van der Waals surface area (Å²) in [7, 11) is 0. The lowest BCUT2D eigenvalue weighted by Gasteiger charge is -2.35. The Morgan fingerprint density at radius 3 is 2.33 bits per heavy atom. The monoisotopic (exact) mass is 213 g/mol. The fourth-order valence-electron chi connectivity index (χ4n) is 2.39. The van der Waals surface area contributed by atoms with Crippen molar-refractivity contribution in [3.8, 4) is 0 Å². The topological polar surface area (TPSA) is 40.5 Å². The van der Waals surface area contributed by atoms with Gasteiger partial charge in [0, 0.05) is 6.54 Å². The van der Waals surface area contributed by atoms with Gasteiger partial charge in [-0.1, -0.05) is 19.8 Å². The van der Waals surface area contributed by atoms with Crippen molar-refractivity contribution in [1.29, 1.82) is 0 Å². The lowest BCUT2D eigenvalue weighted by atomic mass is 9.99. The predicted octanol–water partition coefficient (Wildman–Crippen LogP) is 2.36. The summed E-state index contributed by atoms with van der Waals surface area (Å²) in [5, 5.41) is 9.18. The van der Waals surface area contributed by atoms with E-state index in [0.29, 0.717) is 5.92 Å². The molecule has 0 heterocycles. The lowest BCUT2D eigenvalue weighted by Crippen LogP contribution is -2.51. The first-order valence-electron chi connectivity index (χ1n) is 5.97. The summed E-state index contributed by atoms with van der Waals surface area (Å²) < 4.78 is 0. The predicted molar refractivity (Wildman–Crippen MR) is 60.9 cm³/mol. The molecule has 0 aliphatic heterocycles. The SMILES string of the molecule is CCN(CC1CCCC1)C(C)(C)C(=O)O. The Bertz CT molecular complexity index is 220. The van der Waals surface area contributed by atoms with Crippen molar-refractivity contribution in [1.82, 2.24) is 4.90 Å². The third-order valence-corrected chi connectivity index (χ3v) is 3.65. The number of aliphatic carboxylic acids is 1. The van der Waals surface area contributed by atoms with Crippen LogP contribution in [0.4, 0.5) is 0 Å². The molecule has 1 fully saturated rings. The van der Waals surface area contributed by atoms with Crippen LogP contribution in [0.25, 0.3) is 0 Å². The molecule has 1 N–H and O–H groups in total. The van der Waals surface area contributed by atoms with E-state index >= 15 is 0 Å². The van der Waals surface area contributed by atoms with Gasteiger partial charge in [-0.05, 0) is 39.2 Å². The molecule has 3 nitrogen and oxygen atoms in total. The Hall–Kier alpha value is -0.570. The molecule has 0 aromatic carbocycles. The number of carboxylic acid groups (broad SMARTS) is 1. The molecule has 15 heavy (non-hydrogen) atoms. The van der Waals surface area contributed by atoms with Gasteiger partial charge in [0.1, 0.15) is 5.54 Å². The van der Waals surface area contributed by atoms with E-state index in [0.717, 1.165) is 13.1 Å². The fraction of sp³-hybridized carbons (Fsp3) is 0.917. The first-order chi connectivity index (χ1) is 6.98. The van der Waals surface area contributed by atoms with Gasteiger partial charge in [0.2, 0.25) is 0 Å². The number of nitrogens with zero attached hydrogens (tertiary/aromatic N) is 1. The molecule has 0 unspecified atom stereocenters.